The fraction of sp³-hybridized carbons (Fsp3) is 0.278. The Bertz CT molecular complexity index is 864. The van der Waals surface area contributed by atoms with Crippen molar-refractivity contribution >= 4 is 33.2 Å². The number of carbonyl (C=O) groups excluding carboxylic acids is 1. The quantitative estimate of drug-likeness (QED) is 0.837. The summed E-state index contributed by atoms with van der Waals surface area (Å²) in [5.74, 6) is -0.375. The second kappa shape index (κ2) is 7.89. The molecule has 0 aliphatic carbocycles. The van der Waals surface area contributed by atoms with Gasteiger partial charge in [-0.1, -0.05) is 41.4 Å². The smallest absolute Gasteiger partial charge is 0.241 e. The standard InChI is InChI=1S/C18H21ClN2O3S/c1-13-4-9-17(14(2)10-13)21(25(3,23)24)12-18(22)20-11-15-5-7-16(19)8-6-15/h4-10H,11-12H2,1-3H3,(H,20,22). The second-order valence-corrected chi connectivity index (χ2v) is 8.31. The molecule has 0 radical (unpaired) electrons. The Hall–Kier alpha value is -2.05. The van der Waals surface area contributed by atoms with E-state index >= 15 is 0 Å². The lowest BCUT2D eigenvalue weighted by molar-refractivity contribution is -0.119. The van der Waals surface area contributed by atoms with Crippen molar-refractivity contribution in [2.75, 3.05) is 17.1 Å². The number of benzene rings is 2. The van der Waals surface area contributed by atoms with Gasteiger partial charge in [-0.3, -0.25) is 9.10 Å². The summed E-state index contributed by atoms with van der Waals surface area (Å²) in [7, 11) is -3.58. The fourth-order valence-corrected chi connectivity index (χ4v) is 3.50. The topological polar surface area (TPSA) is 66.5 Å². The zero-order valence-electron chi connectivity index (χ0n) is 14.4. The van der Waals surface area contributed by atoms with E-state index in [1.807, 2.05) is 26.0 Å². The van der Waals surface area contributed by atoms with Crippen molar-refractivity contribution < 1.29 is 13.2 Å². The molecule has 1 N–H and O–H groups in total. The number of rotatable bonds is 6. The molecule has 0 unspecified atom stereocenters. The predicted octanol–water partition coefficient (Wildman–Crippen LogP) is 3.04. The number of anilines is 1. The highest BCUT2D eigenvalue weighted by Gasteiger charge is 2.22. The molecular weight excluding hydrogens is 360 g/mol. The molecular formula is C18H21ClN2O3S. The summed E-state index contributed by atoms with van der Waals surface area (Å²) in [4.78, 5) is 12.2. The number of aryl methyl sites for hydroxylation is 2. The number of halogens is 1. The number of hydrogen-bond donors (Lipinski definition) is 1. The molecule has 2 aromatic rings. The lowest BCUT2D eigenvalue weighted by atomic mass is 10.1. The molecule has 7 heteroatoms. The van der Waals surface area contributed by atoms with E-state index in [1.54, 1.807) is 30.3 Å². The first-order chi connectivity index (χ1) is 11.7. The van der Waals surface area contributed by atoms with E-state index < -0.39 is 10.0 Å². The van der Waals surface area contributed by atoms with Crippen molar-refractivity contribution in [3.8, 4) is 0 Å². The van der Waals surface area contributed by atoms with Crippen LogP contribution in [0.15, 0.2) is 42.5 Å². The first-order valence-electron chi connectivity index (χ1n) is 7.73. The lowest BCUT2D eigenvalue weighted by Crippen LogP contribution is -2.40. The summed E-state index contributed by atoms with van der Waals surface area (Å²) in [6.07, 6.45) is 1.10. The average Bonchev–Trinajstić information content (AvgIpc) is 2.52. The average molecular weight is 381 g/mol. The number of nitrogens with zero attached hydrogens (tertiary/aromatic N) is 1. The van der Waals surface area contributed by atoms with Gasteiger partial charge in [-0.15, -0.1) is 0 Å². The van der Waals surface area contributed by atoms with Gasteiger partial charge in [0.05, 0.1) is 11.9 Å². The number of hydrogen-bond acceptors (Lipinski definition) is 3. The van der Waals surface area contributed by atoms with Crippen molar-refractivity contribution in [3.05, 3.63) is 64.2 Å². The molecule has 0 aromatic heterocycles. The number of sulfonamides is 1. The zero-order chi connectivity index (χ0) is 18.6. The van der Waals surface area contributed by atoms with Crippen molar-refractivity contribution in [1.82, 2.24) is 5.32 Å². The Balaban J connectivity index is 2.11. The monoisotopic (exact) mass is 380 g/mol. The molecule has 0 heterocycles. The van der Waals surface area contributed by atoms with Crippen molar-refractivity contribution in [2.24, 2.45) is 0 Å². The van der Waals surface area contributed by atoms with Crippen LogP contribution in [0.3, 0.4) is 0 Å². The molecule has 0 saturated heterocycles. The molecule has 5 nitrogen and oxygen atoms in total. The van der Waals surface area contributed by atoms with Gasteiger partial charge < -0.3 is 5.32 Å². The summed E-state index contributed by atoms with van der Waals surface area (Å²) < 4.78 is 25.4. The number of carbonyl (C=O) groups is 1. The summed E-state index contributed by atoms with van der Waals surface area (Å²) in [6.45, 7) is 3.79. The van der Waals surface area contributed by atoms with E-state index in [-0.39, 0.29) is 12.5 Å². The Morgan fingerprint density at radius 3 is 2.32 bits per heavy atom. The third-order valence-electron chi connectivity index (χ3n) is 3.71. The lowest BCUT2D eigenvalue weighted by Gasteiger charge is -2.24. The van der Waals surface area contributed by atoms with Gasteiger partial charge in [0, 0.05) is 11.6 Å². The van der Waals surface area contributed by atoms with Crippen LogP contribution in [0, 0.1) is 13.8 Å². The summed E-state index contributed by atoms with van der Waals surface area (Å²) in [6, 6.07) is 12.5. The summed E-state index contributed by atoms with van der Waals surface area (Å²) >= 11 is 5.83. The van der Waals surface area contributed by atoms with Gasteiger partial charge in [0.1, 0.15) is 6.54 Å². The molecule has 0 aliphatic heterocycles. The van der Waals surface area contributed by atoms with Crippen LogP contribution < -0.4 is 9.62 Å². The highest BCUT2D eigenvalue weighted by molar-refractivity contribution is 7.92. The maximum atomic E-state index is 12.2. The third kappa shape index (κ3) is 5.47. The molecule has 1 amide bonds. The maximum Gasteiger partial charge on any atom is 0.241 e. The molecule has 0 aliphatic rings. The Morgan fingerprint density at radius 2 is 1.76 bits per heavy atom. The van der Waals surface area contributed by atoms with Crippen molar-refractivity contribution in [2.45, 2.75) is 20.4 Å². The first kappa shape index (κ1) is 19.3. The molecule has 2 aromatic carbocycles. The first-order valence-corrected chi connectivity index (χ1v) is 9.95. The Labute approximate surface area is 153 Å². The van der Waals surface area contributed by atoms with Crippen LogP contribution in [0.4, 0.5) is 5.69 Å². The third-order valence-corrected chi connectivity index (χ3v) is 5.09. The van der Waals surface area contributed by atoms with Gasteiger partial charge in [-0.05, 0) is 43.2 Å². The molecule has 0 spiro atoms. The Kier molecular flexibility index (Phi) is 6.08. The highest BCUT2D eigenvalue weighted by Crippen LogP contribution is 2.23. The van der Waals surface area contributed by atoms with Gasteiger partial charge in [-0.2, -0.15) is 0 Å². The van der Waals surface area contributed by atoms with Crippen LogP contribution in [0.1, 0.15) is 16.7 Å². The van der Waals surface area contributed by atoms with Crippen molar-refractivity contribution in [3.63, 3.8) is 0 Å². The van der Waals surface area contributed by atoms with Crippen LogP contribution in [-0.2, 0) is 21.4 Å². The number of nitrogens with one attached hydrogen (secondary N) is 1. The molecule has 0 atom stereocenters. The van der Waals surface area contributed by atoms with Crippen molar-refractivity contribution in [1.29, 1.82) is 0 Å². The van der Waals surface area contributed by atoms with Gasteiger partial charge in [0.25, 0.3) is 0 Å². The van der Waals surface area contributed by atoms with Crippen LogP contribution >= 0.6 is 11.6 Å². The van der Waals surface area contributed by atoms with Gasteiger partial charge in [0.2, 0.25) is 15.9 Å². The minimum atomic E-state index is -3.58. The zero-order valence-corrected chi connectivity index (χ0v) is 16.0. The molecule has 0 saturated carbocycles. The minimum Gasteiger partial charge on any atom is -0.350 e. The fourth-order valence-electron chi connectivity index (χ4n) is 2.46. The molecule has 0 bridgehead atoms. The van der Waals surface area contributed by atoms with Gasteiger partial charge in [-0.25, -0.2) is 8.42 Å². The van der Waals surface area contributed by atoms with Gasteiger partial charge in [0.15, 0.2) is 0 Å². The van der Waals surface area contributed by atoms with Crippen LogP contribution in [0.2, 0.25) is 5.02 Å². The van der Waals surface area contributed by atoms with Crippen LogP contribution in [0.25, 0.3) is 0 Å². The summed E-state index contributed by atoms with van der Waals surface area (Å²) in [5, 5.41) is 3.35. The highest BCUT2D eigenvalue weighted by atomic mass is 35.5. The van der Waals surface area contributed by atoms with E-state index in [0.717, 1.165) is 27.3 Å². The minimum absolute atomic E-state index is 0.268. The van der Waals surface area contributed by atoms with E-state index in [4.69, 9.17) is 11.6 Å². The summed E-state index contributed by atoms with van der Waals surface area (Å²) in [5.41, 5.74) is 3.22. The maximum absolute atomic E-state index is 12.2. The predicted molar refractivity (Wildman–Crippen MR) is 101 cm³/mol. The van der Waals surface area contributed by atoms with Crippen LogP contribution in [-0.4, -0.2) is 27.1 Å². The van der Waals surface area contributed by atoms with E-state index in [1.165, 1.54) is 0 Å². The Morgan fingerprint density at radius 1 is 1.12 bits per heavy atom. The second-order valence-electron chi connectivity index (χ2n) is 5.96. The molecule has 134 valence electrons. The molecule has 2 rings (SSSR count). The van der Waals surface area contributed by atoms with Crippen LogP contribution in [0.5, 0.6) is 0 Å². The SMILES string of the molecule is Cc1ccc(N(CC(=O)NCc2ccc(Cl)cc2)S(C)(=O)=O)c(C)c1. The van der Waals surface area contributed by atoms with E-state index in [2.05, 4.69) is 5.32 Å². The van der Waals surface area contributed by atoms with Gasteiger partial charge >= 0.3 is 0 Å². The molecule has 25 heavy (non-hydrogen) atoms. The number of amides is 1. The van der Waals surface area contributed by atoms with E-state index in [9.17, 15) is 13.2 Å². The molecule has 0 fully saturated rings. The largest absolute Gasteiger partial charge is 0.350 e. The normalized spacial score (nSPS) is 11.2. The van der Waals surface area contributed by atoms with E-state index in [0.29, 0.717) is 17.3 Å².